The van der Waals surface area contributed by atoms with Crippen molar-refractivity contribution in [3.8, 4) is 12.3 Å². The molecule has 0 unspecified atom stereocenters. The molecular formula is C12H19NO4. The average Bonchev–Trinajstić information content (AvgIpc) is 2.22. The molecule has 0 aliphatic rings. The number of aliphatic carboxylic acids is 1. The smallest absolute Gasteiger partial charge is 0.407 e. The van der Waals surface area contributed by atoms with Crippen LogP contribution >= 0.6 is 0 Å². The quantitative estimate of drug-likeness (QED) is 0.715. The van der Waals surface area contributed by atoms with Crippen molar-refractivity contribution in [2.24, 2.45) is 11.3 Å². The van der Waals surface area contributed by atoms with Gasteiger partial charge in [0.1, 0.15) is 12.6 Å². The summed E-state index contributed by atoms with van der Waals surface area (Å²) >= 11 is 0. The van der Waals surface area contributed by atoms with E-state index in [0.717, 1.165) is 0 Å². The summed E-state index contributed by atoms with van der Waals surface area (Å²) in [7, 11) is 0. The van der Waals surface area contributed by atoms with E-state index in [-0.39, 0.29) is 12.5 Å². The van der Waals surface area contributed by atoms with Crippen LogP contribution in [0, 0.1) is 23.7 Å². The number of carboxylic acids is 1. The summed E-state index contributed by atoms with van der Waals surface area (Å²) in [5, 5.41) is 11.1. The van der Waals surface area contributed by atoms with Crippen molar-refractivity contribution < 1.29 is 19.4 Å². The molecule has 0 aromatic rings. The number of carbonyl (C=O) groups excluding carboxylic acids is 1. The minimum Gasteiger partial charge on any atom is -0.480 e. The number of nitrogens with one attached hydrogen (secondary N) is 1. The van der Waals surface area contributed by atoms with E-state index < -0.39 is 23.5 Å². The number of carboxylic acid groups (broad SMARTS) is 1. The molecule has 17 heavy (non-hydrogen) atoms. The zero-order valence-corrected chi connectivity index (χ0v) is 10.6. The third-order valence-corrected chi connectivity index (χ3v) is 2.16. The van der Waals surface area contributed by atoms with Gasteiger partial charge in [0.2, 0.25) is 0 Å². The van der Waals surface area contributed by atoms with Crippen molar-refractivity contribution in [2.75, 3.05) is 6.61 Å². The van der Waals surface area contributed by atoms with Gasteiger partial charge >= 0.3 is 12.1 Å². The highest BCUT2D eigenvalue weighted by molar-refractivity contribution is 5.80. The van der Waals surface area contributed by atoms with Crippen LogP contribution in [0.3, 0.4) is 0 Å². The van der Waals surface area contributed by atoms with Crippen LogP contribution in [0.15, 0.2) is 0 Å². The zero-order chi connectivity index (χ0) is 13.6. The van der Waals surface area contributed by atoms with E-state index in [4.69, 9.17) is 16.3 Å². The number of hydrogen-bond acceptors (Lipinski definition) is 3. The molecule has 1 amide bonds. The molecule has 0 saturated carbocycles. The Bertz CT molecular complexity index is 328. The molecule has 0 spiro atoms. The average molecular weight is 241 g/mol. The maximum Gasteiger partial charge on any atom is 0.407 e. The van der Waals surface area contributed by atoms with Crippen LogP contribution in [0.2, 0.25) is 0 Å². The second-order valence-corrected chi connectivity index (χ2v) is 4.81. The summed E-state index contributed by atoms with van der Waals surface area (Å²) in [6.07, 6.45) is 4.47. The van der Waals surface area contributed by atoms with E-state index >= 15 is 0 Å². The Balaban J connectivity index is 4.27. The highest BCUT2D eigenvalue weighted by Gasteiger charge is 2.25. The van der Waals surface area contributed by atoms with Gasteiger partial charge in [-0.3, -0.25) is 0 Å². The van der Waals surface area contributed by atoms with E-state index in [0.29, 0.717) is 0 Å². The van der Waals surface area contributed by atoms with Gasteiger partial charge in [-0.25, -0.2) is 9.59 Å². The van der Waals surface area contributed by atoms with E-state index in [1.165, 1.54) is 0 Å². The van der Waals surface area contributed by atoms with E-state index in [2.05, 4.69) is 11.2 Å². The largest absolute Gasteiger partial charge is 0.480 e. The monoisotopic (exact) mass is 241 g/mol. The molecule has 0 aliphatic carbocycles. The fourth-order valence-corrected chi connectivity index (χ4v) is 0.970. The second kappa shape index (κ2) is 6.14. The minimum absolute atomic E-state index is 0.0414. The molecule has 0 rings (SSSR count). The lowest BCUT2D eigenvalue weighted by molar-refractivity contribution is -0.140. The molecule has 0 fully saturated rings. The highest BCUT2D eigenvalue weighted by atomic mass is 16.5. The van der Waals surface area contributed by atoms with Crippen LogP contribution in [0.4, 0.5) is 4.79 Å². The first-order valence-electron chi connectivity index (χ1n) is 5.33. The predicted molar refractivity (Wildman–Crippen MR) is 63.4 cm³/mol. The third-order valence-electron chi connectivity index (χ3n) is 2.16. The maximum atomic E-state index is 11.4. The Hall–Kier alpha value is -1.70. The molecule has 5 nitrogen and oxygen atoms in total. The molecule has 2 N–H and O–H groups in total. The lowest BCUT2D eigenvalue weighted by atomic mass is 9.97. The van der Waals surface area contributed by atoms with Gasteiger partial charge in [0.05, 0.1) is 5.41 Å². The zero-order valence-electron chi connectivity index (χ0n) is 10.6. The lowest BCUT2D eigenvalue weighted by Crippen LogP contribution is -2.45. The highest BCUT2D eigenvalue weighted by Crippen LogP contribution is 2.13. The van der Waals surface area contributed by atoms with Crippen molar-refractivity contribution in [3.63, 3.8) is 0 Å². The molecule has 0 aromatic carbocycles. The van der Waals surface area contributed by atoms with Crippen molar-refractivity contribution in [2.45, 2.75) is 33.7 Å². The number of ether oxygens (including phenoxy) is 1. The fraction of sp³-hybridized carbons (Fsp3) is 0.667. The third kappa shape index (κ3) is 5.81. The summed E-state index contributed by atoms with van der Waals surface area (Å²) in [4.78, 5) is 22.2. The van der Waals surface area contributed by atoms with E-state index in [1.807, 2.05) is 0 Å². The fourth-order valence-electron chi connectivity index (χ4n) is 0.970. The van der Waals surface area contributed by atoms with Crippen LogP contribution in [-0.4, -0.2) is 29.8 Å². The molecular weight excluding hydrogens is 222 g/mol. The van der Waals surface area contributed by atoms with Gasteiger partial charge in [-0.15, -0.1) is 6.42 Å². The first-order chi connectivity index (χ1) is 7.69. The number of alkyl carbamates (subject to hydrolysis) is 1. The van der Waals surface area contributed by atoms with E-state index in [9.17, 15) is 9.59 Å². The Morgan fingerprint density at radius 1 is 1.47 bits per heavy atom. The van der Waals surface area contributed by atoms with Crippen molar-refractivity contribution in [1.82, 2.24) is 5.32 Å². The molecule has 1 atom stereocenters. The number of carbonyl (C=O) groups is 2. The van der Waals surface area contributed by atoms with Crippen molar-refractivity contribution >= 4 is 12.1 Å². The Morgan fingerprint density at radius 3 is 2.35 bits per heavy atom. The van der Waals surface area contributed by atoms with Crippen LogP contribution in [-0.2, 0) is 9.53 Å². The molecule has 0 aromatic heterocycles. The Labute approximate surface area is 102 Å². The topological polar surface area (TPSA) is 75.6 Å². The van der Waals surface area contributed by atoms with Crippen LogP contribution in [0.25, 0.3) is 0 Å². The van der Waals surface area contributed by atoms with Gasteiger partial charge in [0.25, 0.3) is 0 Å². The Morgan fingerprint density at radius 2 is 2.00 bits per heavy atom. The van der Waals surface area contributed by atoms with Crippen LogP contribution < -0.4 is 5.32 Å². The molecule has 0 bridgehead atoms. The SMILES string of the molecule is C#CC(C)(C)COC(=O)N[C@H](C(=O)O)C(C)C. The van der Waals surface area contributed by atoms with Crippen molar-refractivity contribution in [3.05, 3.63) is 0 Å². The summed E-state index contributed by atoms with van der Waals surface area (Å²) in [6, 6.07) is -0.962. The molecule has 0 saturated heterocycles. The lowest BCUT2D eigenvalue weighted by Gasteiger charge is -2.20. The molecule has 0 aliphatic heterocycles. The number of amides is 1. The first kappa shape index (κ1) is 15.3. The molecule has 0 radical (unpaired) electrons. The van der Waals surface area contributed by atoms with Gasteiger partial charge in [-0.1, -0.05) is 19.8 Å². The second-order valence-electron chi connectivity index (χ2n) is 4.81. The first-order valence-corrected chi connectivity index (χ1v) is 5.33. The normalized spacial score (nSPS) is 12.7. The summed E-state index contributed by atoms with van der Waals surface area (Å²) in [6.45, 7) is 6.93. The summed E-state index contributed by atoms with van der Waals surface area (Å²) in [5.74, 6) is 1.16. The summed E-state index contributed by atoms with van der Waals surface area (Å²) < 4.78 is 4.87. The predicted octanol–water partition coefficient (Wildman–Crippen LogP) is 1.48. The number of rotatable bonds is 5. The molecule has 0 heterocycles. The maximum absolute atomic E-state index is 11.4. The van der Waals surface area contributed by atoms with Gasteiger partial charge in [-0.05, 0) is 19.8 Å². The summed E-state index contributed by atoms with van der Waals surface area (Å²) in [5.41, 5.74) is -0.562. The van der Waals surface area contributed by atoms with Gasteiger partial charge in [0, 0.05) is 0 Å². The van der Waals surface area contributed by atoms with Crippen LogP contribution in [0.5, 0.6) is 0 Å². The van der Waals surface area contributed by atoms with Gasteiger partial charge in [-0.2, -0.15) is 0 Å². The van der Waals surface area contributed by atoms with E-state index in [1.54, 1.807) is 27.7 Å². The number of terminal acetylenes is 1. The Kier molecular flexibility index (Phi) is 5.52. The molecule has 5 heteroatoms. The van der Waals surface area contributed by atoms with Crippen LogP contribution in [0.1, 0.15) is 27.7 Å². The molecule has 96 valence electrons. The van der Waals surface area contributed by atoms with Gasteiger partial charge in [0.15, 0.2) is 0 Å². The standard InChI is InChI=1S/C12H19NO4/c1-6-12(4,5)7-17-11(16)13-9(8(2)3)10(14)15/h1,8-9H,7H2,2-5H3,(H,13,16)(H,14,15)/t9-/m0/s1. The number of hydrogen-bond donors (Lipinski definition) is 2. The van der Waals surface area contributed by atoms with Crippen molar-refractivity contribution in [1.29, 1.82) is 0 Å². The van der Waals surface area contributed by atoms with Gasteiger partial charge < -0.3 is 15.2 Å². The minimum atomic E-state index is -1.09.